The highest BCUT2D eigenvalue weighted by molar-refractivity contribution is 6.01. The quantitative estimate of drug-likeness (QED) is 0.592. The number of nitrogens with one attached hydrogen (secondary N) is 2. The van der Waals surface area contributed by atoms with E-state index >= 15 is 0 Å². The Bertz CT molecular complexity index is 1170. The molecule has 2 heterocycles. The maximum absolute atomic E-state index is 13.0. The summed E-state index contributed by atoms with van der Waals surface area (Å²) in [6.45, 7) is 0. The molecule has 0 radical (unpaired) electrons. The van der Waals surface area contributed by atoms with Crippen LogP contribution >= 0.6 is 0 Å². The minimum absolute atomic E-state index is 0.174. The van der Waals surface area contributed by atoms with Gasteiger partial charge in [-0.05, 0) is 43.9 Å². The summed E-state index contributed by atoms with van der Waals surface area (Å²) in [5.41, 5.74) is 1.31. The second kappa shape index (κ2) is 8.18. The first-order valence-corrected chi connectivity index (χ1v) is 11.0. The van der Waals surface area contributed by atoms with Crippen LogP contribution in [0.2, 0.25) is 0 Å². The Balaban J connectivity index is 1.40. The second-order valence-electron chi connectivity index (χ2n) is 8.49. The van der Waals surface area contributed by atoms with Crippen LogP contribution < -0.4 is 15.4 Å². The zero-order valence-electron chi connectivity index (χ0n) is 18.0. The van der Waals surface area contributed by atoms with Gasteiger partial charge in [0, 0.05) is 17.4 Å². The summed E-state index contributed by atoms with van der Waals surface area (Å²) in [7, 11) is 1.29. The number of carbonyl (C=O) groups excluding carboxylic acids is 2. The van der Waals surface area contributed by atoms with Crippen molar-refractivity contribution in [1.29, 1.82) is 0 Å². The van der Waals surface area contributed by atoms with Crippen molar-refractivity contribution in [3.63, 3.8) is 0 Å². The Morgan fingerprint density at radius 1 is 1.09 bits per heavy atom. The highest BCUT2D eigenvalue weighted by Gasteiger charge is 2.42. The summed E-state index contributed by atoms with van der Waals surface area (Å²) in [5, 5.41) is 10.9. The molecular formula is C24H26N4O4. The second-order valence-corrected chi connectivity index (χ2v) is 8.49. The lowest BCUT2D eigenvalue weighted by Crippen LogP contribution is -2.47. The fourth-order valence-electron chi connectivity index (χ4n) is 4.94. The van der Waals surface area contributed by atoms with E-state index in [2.05, 4.69) is 15.7 Å². The third-order valence-electron chi connectivity index (χ3n) is 6.43. The van der Waals surface area contributed by atoms with E-state index in [9.17, 15) is 9.59 Å². The van der Waals surface area contributed by atoms with Crippen LogP contribution in [-0.4, -0.2) is 34.6 Å². The molecule has 1 aliphatic heterocycles. The fourth-order valence-corrected chi connectivity index (χ4v) is 4.94. The molecule has 2 amide bonds. The van der Waals surface area contributed by atoms with Crippen LogP contribution in [0, 0.1) is 0 Å². The minimum atomic E-state index is -0.618. The molecule has 5 rings (SSSR count). The Labute approximate surface area is 185 Å². The third-order valence-corrected chi connectivity index (χ3v) is 6.43. The highest BCUT2D eigenvalue weighted by Crippen LogP contribution is 2.46. The van der Waals surface area contributed by atoms with Crippen molar-refractivity contribution in [2.75, 3.05) is 12.4 Å². The average molecular weight is 434 g/mol. The van der Waals surface area contributed by atoms with Crippen molar-refractivity contribution in [3.05, 3.63) is 54.1 Å². The van der Waals surface area contributed by atoms with E-state index in [-0.39, 0.29) is 17.7 Å². The SMILES string of the molecule is COC(=O)n1nc(NC(=O)NC2CC3(CCCCC3)Oc3ccccc32)c2ccccc21. The zero-order valence-corrected chi connectivity index (χ0v) is 18.0. The maximum atomic E-state index is 13.0. The van der Waals surface area contributed by atoms with Crippen LogP contribution in [0.5, 0.6) is 5.75 Å². The van der Waals surface area contributed by atoms with Crippen molar-refractivity contribution < 1.29 is 19.1 Å². The lowest BCUT2D eigenvalue weighted by atomic mass is 9.77. The molecule has 1 unspecified atom stereocenters. The summed E-state index contributed by atoms with van der Waals surface area (Å²) < 4.78 is 12.4. The van der Waals surface area contributed by atoms with Crippen LogP contribution in [0.4, 0.5) is 15.4 Å². The Morgan fingerprint density at radius 2 is 1.84 bits per heavy atom. The number of nitrogens with zero attached hydrogens (tertiary/aromatic N) is 2. The molecule has 0 saturated heterocycles. The van der Waals surface area contributed by atoms with Gasteiger partial charge in [-0.1, -0.05) is 36.8 Å². The molecule has 166 valence electrons. The summed E-state index contributed by atoms with van der Waals surface area (Å²) in [6.07, 6.45) is 5.60. The van der Waals surface area contributed by atoms with E-state index < -0.39 is 6.09 Å². The molecule has 3 aromatic rings. The normalized spacial score (nSPS) is 19.1. The van der Waals surface area contributed by atoms with E-state index in [0.29, 0.717) is 16.7 Å². The highest BCUT2D eigenvalue weighted by atomic mass is 16.5. The fraction of sp³-hybridized carbons (Fsp3) is 0.375. The van der Waals surface area contributed by atoms with Gasteiger partial charge in [0.1, 0.15) is 11.4 Å². The van der Waals surface area contributed by atoms with Gasteiger partial charge in [-0.25, -0.2) is 9.59 Å². The largest absolute Gasteiger partial charge is 0.487 e. The first-order chi connectivity index (χ1) is 15.6. The van der Waals surface area contributed by atoms with Crippen LogP contribution in [0.25, 0.3) is 10.9 Å². The molecule has 0 bridgehead atoms. The average Bonchev–Trinajstić information content (AvgIpc) is 3.17. The molecule has 2 aromatic carbocycles. The van der Waals surface area contributed by atoms with Crippen molar-refractivity contribution in [1.82, 2.24) is 15.1 Å². The molecule has 8 heteroatoms. The zero-order chi connectivity index (χ0) is 22.1. The summed E-state index contributed by atoms with van der Waals surface area (Å²) >= 11 is 0. The van der Waals surface area contributed by atoms with E-state index in [1.807, 2.05) is 30.3 Å². The Morgan fingerprint density at radius 3 is 2.66 bits per heavy atom. The molecule has 1 aliphatic carbocycles. The first kappa shape index (κ1) is 20.4. The van der Waals surface area contributed by atoms with Gasteiger partial charge in [0.05, 0.1) is 18.7 Å². The number of ether oxygens (including phenoxy) is 2. The molecule has 8 nitrogen and oxygen atoms in total. The molecule has 1 aromatic heterocycles. The molecule has 2 N–H and O–H groups in total. The van der Waals surface area contributed by atoms with Crippen molar-refractivity contribution in [2.45, 2.75) is 50.2 Å². The number of urea groups is 1. The number of benzene rings is 2. The molecular weight excluding hydrogens is 408 g/mol. The molecule has 1 saturated carbocycles. The van der Waals surface area contributed by atoms with E-state index in [1.54, 1.807) is 18.2 Å². The Hall–Kier alpha value is -3.55. The number of para-hydroxylation sites is 2. The molecule has 1 spiro atoms. The number of rotatable bonds is 2. The van der Waals surface area contributed by atoms with Gasteiger partial charge < -0.3 is 14.8 Å². The standard InChI is InChI=1S/C24H26N4O4/c1-31-23(30)28-19-11-5-3-10-17(19)21(27-28)26-22(29)25-18-15-24(13-7-2-8-14-24)32-20-12-6-4-9-16(18)20/h3-6,9-12,18H,2,7-8,13-15H2,1H3,(H2,25,26,27,29). The van der Waals surface area contributed by atoms with Crippen LogP contribution in [0.3, 0.4) is 0 Å². The topological polar surface area (TPSA) is 94.5 Å². The van der Waals surface area contributed by atoms with Crippen molar-refractivity contribution in [3.8, 4) is 5.75 Å². The molecule has 1 fully saturated rings. The predicted molar refractivity (Wildman–Crippen MR) is 120 cm³/mol. The lowest BCUT2D eigenvalue weighted by Gasteiger charge is -2.44. The smallest absolute Gasteiger partial charge is 0.435 e. The van der Waals surface area contributed by atoms with Gasteiger partial charge in [-0.2, -0.15) is 4.68 Å². The van der Waals surface area contributed by atoms with E-state index in [0.717, 1.165) is 48.1 Å². The molecule has 2 aliphatic rings. The van der Waals surface area contributed by atoms with Crippen LogP contribution in [0.1, 0.15) is 50.1 Å². The van der Waals surface area contributed by atoms with Gasteiger partial charge >= 0.3 is 12.1 Å². The number of methoxy groups -OCH3 is 1. The van der Waals surface area contributed by atoms with Gasteiger partial charge in [0.15, 0.2) is 5.82 Å². The number of carbonyl (C=O) groups is 2. The van der Waals surface area contributed by atoms with Crippen molar-refractivity contribution >= 4 is 28.8 Å². The molecule has 32 heavy (non-hydrogen) atoms. The summed E-state index contributed by atoms with van der Waals surface area (Å²) in [4.78, 5) is 25.1. The number of anilines is 1. The number of hydrogen-bond donors (Lipinski definition) is 2. The van der Waals surface area contributed by atoms with Crippen LogP contribution in [0.15, 0.2) is 48.5 Å². The lowest BCUT2D eigenvalue weighted by molar-refractivity contribution is -0.000998. The Kier molecular flexibility index (Phi) is 5.20. The van der Waals surface area contributed by atoms with Crippen LogP contribution in [-0.2, 0) is 4.74 Å². The summed E-state index contributed by atoms with van der Waals surface area (Å²) in [6, 6.07) is 14.5. The van der Waals surface area contributed by atoms with Crippen molar-refractivity contribution in [2.24, 2.45) is 0 Å². The maximum Gasteiger partial charge on any atom is 0.435 e. The predicted octanol–water partition coefficient (Wildman–Crippen LogP) is 5.00. The molecule has 1 atom stereocenters. The number of fused-ring (bicyclic) bond motifs is 2. The number of aromatic nitrogens is 2. The number of amides is 2. The number of hydrogen-bond acceptors (Lipinski definition) is 5. The third kappa shape index (κ3) is 3.66. The first-order valence-electron chi connectivity index (χ1n) is 11.0. The van der Waals surface area contributed by atoms with E-state index in [1.165, 1.54) is 13.5 Å². The van der Waals surface area contributed by atoms with Gasteiger partial charge in [0.2, 0.25) is 0 Å². The van der Waals surface area contributed by atoms with Gasteiger partial charge in [-0.15, -0.1) is 5.10 Å². The van der Waals surface area contributed by atoms with Gasteiger partial charge in [0.25, 0.3) is 0 Å². The van der Waals surface area contributed by atoms with E-state index in [4.69, 9.17) is 9.47 Å². The monoisotopic (exact) mass is 434 g/mol. The summed E-state index contributed by atoms with van der Waals surface area (Å²) in [5.74, 6) is 1.14. The van der Waals surface area contributed by atoms with Gasteiger partial charge in [-0.3, -0.25) is 5.32 Å². The minimum Gasteiger partial charge on any atom is -0.487 e.